The van der Waals surface area contributed by atoms with E-state index in [1.807, 2.05) is 0 Å². The first kappa shape index (κ1) is 14.3. The Kier molecular flexibility index (Phi) is 20.4. The van der Waals surface area contributed by atoms with Crippen molar-refractivity contribution in [1.29, 1.82) is 0 Å². The molecule has 0 aromatic carbocycles. The van der Waals surface area contributed by atoms with Crippen LogP contribution in [0.5, 0.6) is 0 Å². The molecule has 0 unspecified atom stereocenters. The first-order valence-electron chi connectivity index (χ1n) is 3.37. The van der Waals surface area contributed by atoms with Crippen molar-refractivity contribution in [2.75, 3.05) is 48.8 Å². The minimum atomic E-state index is 0.299. The molecule has 0 atom stereocenters. The highest BCUT2D eigenvalue weighted by atomic mass is 16.7. The fraction of sp³-hybridized carbons (Fsp3) is 1.00. The number of hydrogen-bond acceptors (Lipinski definition) is 5. The van der Waals surface area contributed by atoms with Crippen molar-refractivity contribution in [2.45, 2.75) is 0 Å². The van der Waals surface area contributed by atoms with E-state index in [2.05, 4.69) is 23.7 Å². The second-order valence-corrected chi connectivity index (χ2v) is 1.71. The van der Waals surface area contributed by atoms with Gasteiger partial charge in [0.25, 0.3) is 0 Å². The molecule has 0 radical (unpaired) electrons. The van der Waals surface area contributed by atoms with Crippen LogP contribution < -0.4 is 0 Å². The van der Waals surface area contributed by atoms with E-state index in [0.717, 1.165) is 0 Å². The van der Waals surface area contributed by atoms with Crippen LogP contribution in [0.4, 0.5) is 0 Å². The summed E-state index contributed by atoms with van der Waals surface area (Å²) >= 11 is 0. The molecule has 0 aromatic heterocycles. The zero-order valence-electron chi connectivity index (χ0n) is 8.16. The third-order valence-corrected chi connectivity index (χ3v) is 0.638. The number of rotatable bonds is 6. The lowest BCUT2D eigenvalue weighted by Crippen LogP contribution is -1.98. The van der Waals surface area contributed by atoms with Crippen LogP contribution >= 0.6 is 0 Å². The van der Waals surface area contributed by atoms with Crippen LogP contribution in [0.15, 0.2) is 0 Å². The van der Waals surface area contributed by atoms with Crippen LogP contribution in [-0.2, 0) is 23.7 Å². The molecular weight excluding hydrogens is 164 g/mol. The van der Waals surface area contributed by atoms with Crippen LogP contribution in [-0.4, -0.2) is 48.8 Å². The van der Waals surface area contributed by atoms with Crippen LogP contribution in [0.25, 0.3) is 0 Å². The van der Waals surface area contributed by atoms with E-state index in [1.54, 1.807) is 28.4 Å². The van der Waals surface area contributed by atoms with E-state index in [9.17, 15) is 0 Å². The van der Waals surface area contributed by atoms with Gasteiger partial charge in [-0.05, 0) is 0 Å². The highest BCUT2D eigenvalue weighted by Gasteiger charge is 1.76. The van der Waals surface area contributed by atoms with Crippen molar-refractivity contribution < 1.29 is 23.7 Å². The summed E-state index contributed by atoms with van der Waals surface area (Å²) in [6, 6.07) is 0. The van der Waals surface area contributed by atoms with E-state index < -0.39 is 0 Å². The molecule has 0 rings (SSSR count). The molecule has 0 N–H and O–H groups in total. The molecule has 5 heteroatoms. The van der Waals surface area contributed by atoms with Crippen molar-refractivity contribution in [1.82, 2.24) is 0 Å². The van der Waals surface area contributed by atoms with Gasteiger partial charge in [-0.3, -0.25) is 0 Å². The largest absolute Gasteiger partial charge is 0.359 e. The lowest BCUT2D eigenvalue weighted by Gasteiger charge is -1.97. The summed E-state index contributed by atoms with van der Waals surface area (Å²) in [6.45, 7) is 0.988. The van der Waals surface area contributed by atoms with Gasteiger partial charge >= 0.3 is 0 Å². The summed E-state index contributed by atoms with van der Waals surface area (Å²) in [7, 11) is 6.30. The highest BCUT2D eigenvalue weighted by Crippen LogP contribution is 1.72. The molecule has 0 bridgehead atoms. The van der Waals surface area contributed by atoms with E-state index in [1.165, 1.54) is 0 Å². The molecule has 0 fully saturated rings. The van der Waals surface area contributed by atoms with Crippen molar-refractivity contribution in [3.05, 3.63) is 0 Å². The second-order valence-electron chi connectivity index (χ2n) is 1.71. The number of methoxy groups -OCH3 is 4. The van der Waals surface area contributed by atoms with Gasteiger partial charge in [-0.25, -0.2) is 0 Å². The molecule has 0 spiro atoms. The Hall–Kier alpha value is -0.200. The SMILES string of the molecule is COCOC.COCOCOC. The summed E-state index contributed by atoms with van der Waals surface area (Å²) < 4.78 is 22.7. The molecule has 12 heavy (non-hydrogen) atoms. The minimum Gasteiger partial charge on any atom is -0.359 e. The standard InChI is InChI=1S/C4H10O3.C3H8O2/c1-5-3-7-4-6-2;1-4-3-5-2/h3-4H2,1-2H3;3H2,1-2H3. The zero-order valence-corrected chi connectivity index (χ0v) is 8.16. The van der Waals surface area contributed by atoms with Gasteiger partial charge in [-0.1, -0.05) is 0 Å². The average molecular weight is 182 g/mol. The predicted octanol–water partition coefficient (Wildman–Crippen LogP) is 0.448. The monoisotopic (exact) mass is 182 g/mol. The first-order valence-corrected chi connectivity index (χ1v) is 3.37. The van der Waals surface area contributed by atoms with Crippen molar-refractivity contribution >= 4 is 0 Å². The van der Waals surface area contributed by atoms with Crippen LogP contribution in [0.1, 0.15) is 0 Å². The van der Waals surface area contributed by atoms with E-state index in [4.69, 9.17) is 0 Å². The lowest BCUT2D eigenvalue weighted by atomic mass is 11.3. The third-order valence-electron chi connectivity index (χ3n) is 0.638. The molecule has 5 nitrogen and oxygen atoms in total. The number of hydrogen-bond donors (Lipinski definition) is 0. The first-order chi connectivity index (χ1) is 5.83. The van der Waals surface area contributed by atoms with Gasteiger partial charge in [0.05, 0.1) is 0 Å². The third kappa shape index (κ3) is 22.6. The maximum absolute atomic E-state index is 4.69. The van der Waals surface area contributed by atoms with Gasteiger partial charge in [0.2, 0.25) is 0 Å². The maximum Gasteiger partial charge on any atom is 0.149 e. The van der Waals surface area contributed by atoms with Crippen LogP contribution in [0.2, 0.25) is 0 Å². The summed E-state index contributed by atoms with van der Waals surface area (Å²) in [4.78, 5) is 0. The maximum atomic E-state index is 4.69. The van der Waals surface area contributed by atoms with Crippen molar-refractivity contribution in [3.8, 4) is 0 Å². The molecule has 76 valence electrons. The second kappa shape index (κ2) is 17.0. The van der Waals surface area contributed by atoms with Gasteiger partial charge < -0.3 is 23.7 Å². The molecule has 0 aliphatic rings. The van der Waals surface area contributed by atoms with Crippen LogP contribution in [0.3, 0.4) is 0 Å². The van der Waals surface area contributed by atoms with Crippen LogP contribution in [0, 0.1) is 0 Å². The highest BCUT2D eigenvalue weighted by molar-refractivity contribution is 3.95. The van der Waals surface area contributed by atoms with E-state index >= 15 is 0 Å². The molecule has 0 saturated carbocycles. The van der Waals surface area contributed by atoms with E-state index in [-0.39, 0.29) is 0 Å². The molecule has 0 heterocycles. The Morgan fingerprint density at radius 1 is 0.583 bits per heavy atom. The summed E-state index contributed by atoms with van der Waals surface area (Å²) in [6.07, 6.45) is 0. The quantitative estimate of drug-likeness (QED) is 0.441. The Labute approximate surface area is 73.5 Å². The minimum absolute atomic E-state index is 0.299. The topological polar surface area (TPSA) is 46.2 Å². The summed E-state index contributed by atoms with van der Waals surface area (Å²) in [5.74, 6) is 0. The van der Waals surface area contributed by atoms with Gasteiger partial charge in [0.1, 0.15) is 20.4 Å². The Bertz CT molecular complexity index is 53.8. The Morgan fingerprint density at radius 2 is 0.917 bits per heavy atom. The fourth-order valence-electron chi connectivity index (χ4n) is 0.319. The normalized spacial score (nSPS) is 9.00. The predicted molar refractivity (Wildman–Crippen MR) is 43.7 cm³/mol. The molecular formula is C7H18O5. The molecule has 0 aliphatic heterocycles. The van der Waals surface area contributed by atoms with Gasteiger partial charge in [0, 0.05) is 28.4 Å². The smallest absolute Gasteiger partial charge is 0.149 e. The molecule has 0 saturated heterocycles. The van der Waals surface area contributed by atoms with Gasteiger partial charge in [-0.15, -0.1) is 0 Å². The van der Waals surface area contributed by atoms with Gasteiger partial charge in [0.15, 0.2) is 0 Å². The summed E-state index contributed by atoms with van der Waals surface area (Å²) in [5, 5.41) is 0. The number of ether oxygens (including phenoxy) is 5. The summed E-state index contributed by atoms with van der Waals surface area (Å²) in [5.41, 5.74) is 0. The molecule has 0 aliphatic carbocycles. The molecule has 0 aromatic rings. The van der Waals surface area contributed by atoms with Crippen molar-refractivity contribution in [3.63, 3.8) is 0 Å². The van der Waals surface area contributed by atoms with E-state index in [0.29, 0.717) is 20.4 Å². The van der Waals surface area contributed by atoms with Gasteiger partial charge in [-0.2, -0.15) is 0 Å². The molecule has 0 amide bonds. The zero-order chi connectivity index (χ0) is 9.66. The average Bonchev–Trinajstić information content (AvgIpc) is 2.08. The van der Waals surface area contributed by atoms with Crippen molar-refractivity contribution in [2.24, 2.45) is 0 Å². The lowest BCUT2D eigenvalue weighted by molar-refractivity contribution is -0.107. The Balaban J connectivity index is 0. The fourth-order valence-corrected chi connectivity index (χ4v) is 0.319. The Morgan fingerprint density at radius 3 is 1.08 bits per heavy atom.